The van der Waals surface area contributed by atoms with Gasteiger partial charge in [0, 0.05) is 5.92 Å². The Labute approximate surface area is 90.8 Å². The van der Waals surface area contributed by atoms with Gasteiger partial charge in [-0.1, -0.05) is 37.3 Å². The highest BCUT2D eigenvalue weighted by Crippen LogP contribution is 2.31. The van der Waals surface area contributed by atoms with Gasteiger partial charge in [-0.05, 0) is 36.5 Å². The minimum atomic E-state index is 0.141. The molecule has 0 bridgehead atoms. The van der Waals surface area contributed by atoms with E-state index in [-0.39, 0.29) is 11.7 Å². The fourth-order valence-electron chi connectivity index (χ4n) is 2.02. The van der Waals surface area contributed by atoms with Crippen molar-refractivity contribution in [3.8, 4) is 0 Å². The molecule has 0 aromatic heterocycles. The quantitative estimate of drug-likeness (QED) is 0.732. The second-order valence-corrected chi connectivity index (χ2v) is 4.31. The van der Waals surface area contributed by atoms with Crippen molar-refractivity contribution in [2.24, 2.45) is 5.92 Å². The molecule has 0 radical (unpaired) electrons. The van der Waals surface area contributed by atoms with Crippen LogP contribution in [0.15, 0.2) is 30.3 Å². The number of hydrogen-bond donors (Lipinski definition) is 0. The zero-order chi connectivity index (χ0) is 10.8. The minimum Gasteiger partial charge on any atom is -0.300 e. The van der Waals surface area contributed by atoms with Gasteiger partial charge in [0.15, 0.2) is 0 Å². The first-order valence-electron chi connectivity index (χ1n) is 5.46. The van der Waals surface area contributed by atoms with Crippen LogP contribution in [0.25, 0.3) is 5.57 Å². The van der Waals surface area contributed by atoms with Gasteiger partial charge < -0.3 is 0 Å². The highest BCUT2D eigenvalue weighted by Gasteiger charge is 2.17. The monoisotopic (exact) mass is 200 g/mol. The van der Waals surface area contributed by atoms with Crippen LogP contribution >= 0.6 is 0 Å². The molecule has 1 aromatic carbocycles. The first kappa shape index (κ1) is 10.2. The number of ketones is 1. The molecule has 0 amide bonds. The lowest BCUT2D eigenvalue weighted by molar-refractivity contribution is -0.120. The first-order chi connectivity index (χ1) is 7.18. The Hall–Kier alpha value is -1.37. The van der Waals surface area contributed by atoms with E-state index in [9.17, 15) is 4.79 Å². The van der Waals surface area contributed by atoms with E-state index in [0.29, 0.717) is 0 Å². The van der Waals surface area contributed by atoms with Crippen LogP contribution in [0.2, 0.25) is 0 Å². The Bertz CT molecular complexity index is 415. The Morgan fingerprint density at radius 2 is 2.13 bits per heavy atom. The van der Waals surface area contributed by atoms with Crippen molar-refractivity contribution in [2.45, 2.75) is 26.7 Å². The molecule has 1 atom stereocenters. The van der Waals surface area contributed by atoms with Gasteiger partial charge in [-0.2, -0.15) is 0 Å². The van der Waals surface area contributed by atoms with Crippen molar-refractivity contribution >= 4 is 11.4 Å². The van der Waals surface area contributed by atoms with Crippen LogP contribution in [-0.2, 0) is 11.2 Å². The lowest BCUT2D eigenvalue weighted by atomic mass is 9.94. The fourth-order valence-corrected chi connectivity index (χ4v) is 2.02. The number of hydrogen-bond acceptors (Lipinski definition) is 1. The van der Waals surface area contributed by atoms with Crippen molar-refractivity contribution in [3.63, 3.8) is 0 Å². The lowest BCUT2D eigenvalue weighted by Crippen LogP contribution is -2.06. The molecule has 0 N–H and O–H groups in total. The molecule has 0 fully saturated rings. The summed E-state index contributed by atoms with van der Waals surface area (Å²) < 4.78 is 0. The number of rotatable bonds is 3. The molecule has 1 aliphatic carbocycles. The molecule has 1 aromatic rings. The fraction of sp³-hybridized carbons (Fsp3) is 0.357. The van der Waals surface area contributed by atoms with Crippen molar-refractivity contribution < 1.29 is 4.79 Å². The van der Waals surface area contributed by atoms with Crippen LogP contribution in [-0.4, -0.2) is 5.78 Å². The average Bonchev–Trinajstić information content (AvgIpc) is 2.62. The summed E-state index contributed by atoms with van der Waals surface area (Å²) in [6.07, 6.45) is 4.16. The molecule has 0 aliphatic heterocycles. The molecule has 78 valence electrons. The van der Waals surface area contributed by atoms with Gasteiger partial charge in [0.2, 0.25) is 0 Å². The van der Waals surface area contributed by atoms with Crippen molar-refractivity contribution in [1.82, 2.24) is 0 Å². The second-order valence-electron chi connectivity index (χ2n) is 4.31. The maximum absolute atomic E-state index is 11.2. The van der Waals surface area contributed by atoms with E-state index in [4.69, 9.17) is 0 Å². The van der Waals surface area contributed by atoms with Crippen LogP contribution in [0.4, 0.5) is 0 Å². The molecule has 1 unspecified atom stereocenters. The molecule has 0 heterocycles. The van der Waals surface area contributed by atoms with E-state index in [1.165, 1.54) is 16.7 Å². The standard InChI is InChI=1S/C14H16O/c1-10(11(2)15)9-13-8-7-12-5-3-4-6-14(12)13/h3-6,8,10H,7,9H2,1-2H3. The van der Waals surface area contributed by atoms with E-state index in [1.807, 2.05) is 6.92 Å². The Kier molecular flexibility index (Phi) is 2.72. The third kappa shape index (κ3) is 2.01. The van der Waals surface area contributed by atoms with Crippen LogP contribution < -0.4 is 0 Å². The third-order valence-electron chi connectivity index (χ3n) is 3.15. The SMILES string of the molecule is CC(=O)C(C)CC1=CCc2ccccc21. The first-order valence-corrected chi connectivity index (χ1v) is 5.46. The number of carbonyl (C=O) groups is 1. The molecule has 0 saturated heterocycles. The van der Waals surface area contributed by atoms with Gasteiger partial charge >= 0.3 is 0 Å². The number of fused-ring (bicyclic) bond motifs is 1. The number of allylic oxidation sites excluding steroid dienone is 2. The van der Waals surface area contributed by atoms with Gasteiger partial charge in [-0.15, -0.1) is 0 Å². The van der Waals surface area contributed by atoms with Gasteiger partial charge in [-0.25, -0.2) is 0 Å². The van der Waals surface area contributed by atoms with Crippen LogP contribution in [0.5, 0.6) is 0 Å². The van der Waals surface area contributed by atoms with E-state index < -0.39 is 0 Å². The predicted molar refractivity (Wildman–Crippen MR) is 62.6 cm³/mol. The summed E-state index contributed by atoms with van der Waals surface area (Å²) in [6.45, 7) is 3.68. The lowest BCUT2D eigenvalue weighted by Gasteiger charge is -2.09. The number of carbonyl (C=O) groups excluding carboxylic acids is 1. The summed E-state index contributed by atoms with van der Waals surface area (Å²) in [5.41, 5.74) is 4.07. The third-order valence-corrected chi connectivity index (χ3v) is 3.15. The van der Waals surface area contributed by atoms with Gasteiger partial charge in [0.05, 0.1) is 0 Å². The van der Waals surface area contributed by atoms with E-state index >= 15 is 0 Å². The van der Waals surface area contributed by atoms with E-state index in [0.717, 1.165) is 12.8 Å². The van der Waals surface area contributed by atoms with Crippen LogP contribution in [0.1, 0.15) is 31.4 Å². The van der Waals surface area contributed by atoms with Crippen molar-refractivity contribution in [1.29, 1.82) is 0 Å². The average molecular weight is 200 g/mol. The Morgan fingerprint density at radius 3 is 2.87 bits per heavy atom. The molecule has 1 nitrogen and oxygen atoms in total. The molecule has 1 heteroatoms. The van der Waals surface area contributed by atoms with Crippen molar-refractivity contribution in [2.75, 3.05) is 0 Å². The molecule has 0 saturated carbocycles. The van der Waals surface area contributed by atoms with Crippen LogP contribution in [0.3, 0.4) is 0 Å². The summed E-state index contributed by atoms with van der Waals surface area (Å²) >= 11 is 0. The molecule has 1 aliphatic rings. The molecule has 15 heavy (non-hydrogen) atoms. The maximum Gasteiger partial charge on any atom is 0.132 e. The minimum absolute atomic E-state index is 0.141. The second kappa shape index (κ2) is 4.01. The number of Topliss-reactive ketones (excluding diaryl/α,β-unsaturated/α-hetero) is 1. The van der Waals surface area contributed by atoms with Gasteiger partial charge in [-0.3, -0.25) is 4.79 Å². The highest BCUT2D eigenvalue weighted by atomic mass is 16.1. The summed E-state index contributed by atoms with van der Waals surface area (Å²) in [5.74, 6) is 0.419. The van der Waals surface area contributed by atoms with E-state index in [2.05, 4.69) is 30.3 Å². The van der Waals surface area contributed by atoms with Gasteiger partial charge in [0.25, 0.3) is 0 Å². The molecule has 2 rings (SSSR count). The predicted octanol–water partition coefficient (Wildman–Crippen LogP) is 3.24. The highest BCUT2D eigenvalue weighted by molar-refractivity contribution is 5.82. The Morgan fingerprint density at radius 1 is 1.40 bits per heavy atom. The summed E-state index contributed by atoms with van der Waals surface area (Å²) in [6, 6.07) is 8.46. The number of benzene rings is 1. The topological polar surface area (TPSA) is 17.1 Å². The van der Waals surface area contributed by atoms with Gasteiger partial charge in [0.1, 0.15) is 5.78 Å². The maximum atomic E-state index is 11.2. The van der Waals surface area contributed by atoms with Crippen LogP contribution in [0, 0.1) is 5.92 Å². The summed E-state index contributed by atoms with van der Waals surface area (Å²) in [7, 11) is 0. The normalized spacial score (nSPS) is 15.7. The summed E-state index contributed by atoms with van der Waals surface area (Å²) in [5, 5.41) is 0. The van der Waals surface area contributed by atoms with Crippen molar-refractivity contribution in [3.05, 3.63) is 41.5 Å². The summed E-state index contributed by atoms with van der Waals surface area (Å²) in [4.78, 5) is 11.2. The molecular weight excluding hydrogens is 184 g/mol. The smallest absolute Gasteiger partial charge is 0.132 e. The Balaban J connectivity index is 2.17. The van der Waals surface area contributed by atoms with E-state index in [1.54, 1.807) is 6.92 Å². The zero-order valence-corrected chi connectivity index (χ0v) is 9.29. The molecular formula is C14H16O. The largest absolute Gasteiger partial charge is 0.300 e. The molecule has 0 spiro atoms. The zero-order valence-electron chi connectivity index (χ0n) is 9.29.